The third-order valence-electron chi connectivity index (χ3n) is 3.69. The van der Waals surface area contributed by atoms with Gasteiger partial charge in [0.05, 0.1) is 5.56 Å². The van der Waals surface area contributed by atoms with E-state index in [9.17, 15) is 4.39 Å². The van der Waals surface area contributed by atoms with Gasteiger partial charge in [-0.3, -0.25) is 0 Å². The van der Waals surface area contributed by atoms with Crippen molar-refractivity contribution < 1.29 is 13.9 Å². The predicted octanol–water partition coefficient (Wildman–Crippen LogP) is 3.58. The molecule has 1 N–H and O–H groups in total. The van der Waals surface area contributed by atoms with Gasteiger partial charge in [0.1, 0.15) is 12.7 Å². The molecule has 1 aromatic carbocycles. The quantitative estimate of drug-likeness (QED) is 0.906. The summed E-state index contributed by atoms with van der Waals surface area (Å²) in [6.45, 7) is 2.07. The zero-order chi connectivity index (χ0) is 16.1. The van der Waals surface area contributed by atoms with Crippen LogP contribution in [0.15, 0.2) is 36.5 Å². The Morgan fingerprint density at radius 1 is 1.26 bits per heavy atom. The zero-order valence-electron chi connectivity index (χ0n) is 12.6. The van der Waals surface area contributed by atoms with Gasteiger partial charge < -0.3 is 14.8 Å². The second-order valence-electron chi connectivity index (χ2n) is 5.40. The van der Waals surface area contributed by atoms with Crippen LogP contribution in [0.2, 0.25) is 5.02 Å². The monoisotopic (exact) mass is 336 g/mol. The fraction of sp³-hybridized carbons (Fsp3) is 0.353. The molecule has 0 unspecified atom stereocenters. The fourth-order valence-corrected chi connectivity index (χ4v) is 2.62. The summed E-state index contributed by atoms with van der Waals surface area (Å²) in [6, 6.07) is 8.02. The van der Waals surface area contributed by atoms with Gasteiger partial charge in [-0.1, -0.05) is 11.6 Å². The Balaban J connectivity index is 1.67. The summed E-state index contributed by atoms with van der Waals surface area (Å²) < 4.78 is 25.3. The van der Waals surface area contributed by atoms with Gasteiger partial charge >= 0.3 is 0 Å². The van der Waals surface area contributed by atoms with Crippen molar-refractivity contribution in [1.29, 1.82) is 0 Å². The van der Waals surface area contributed by atoms with E-state index in [0.29, 0.717) is 10.9 Å². The molecule has 0 aliphatic carbocycles. The van der Waals surface area contributed by atoms with Crippen LogP contribution in [0.25, 0.3) is 0 Å². The number of benzene rings is 1. The van der Waals surface area contributed by atoms with E-state index in [1.54, 1.807) is 12.3 Å². The SMILES string of the molecule is Fc1cc(Cl)ccc1OCc1cccnc1OC1CCNCC1. The molecule has 3 rings (SSSR count). The lowest BCUT2D eigenvalue weighted by atomic mass is 10.1. The number of halogens is 2. The number of pyridine rings is 1. The van der Waals surface area contributed by atoms with Crippen molar-refractivity contribution in [1.82, 2.24) is 10.3 Å². The summed E-state index contributed by atoms with van der Waals surface area (Å²) >= 11 is 5.74. The highest BCUT2D eigenvalue weighted by molar-refractivity contribution is 6.30. The lowest BCUT2D eigenvalue weighted by Gasteiger charge is -2.24. The highest BCUT2D eigenvalue weighted by Gasteiger charge is 2.17. The first-order valence-electron chi connectivity index (χ1n) is 7.61. The maximum atomic E-state index is 13.8. The minimum Gasteiger partial charge on any atom is -0.486 e. The van der Waals surface area contributed by atoms with E-state index in [4.69, 9.17) is 21.1 Å². The Morgan fingerprint density at radius 2 is 2.09 bits per heavy atom. The molecular formula is C17H18ClFN2O2. The number of aromatic nitrogens is 1. The summed E-state index contributed by atoms with van der Waals surface area (Å²) in [6.07, 6.45) is 3.73. The van der Waals surface area contributed by atoms with Crippen molar-refractivity contribution in [3.8, 4) is 11.6 Å². The molecule has 2 aromatic rings. The van der Waals surface area contributed by atoms with Crippen LogP contribution in [0, 0.1) is 5.82 Å². The molecule has 0 saturated carbocycles. The van der Waals surface area contributed by atoms with Crippen molar-refractivity contribution in [2.45, 2.75) is 25.6 Å². The first-order chi connectivity index (χ1) is 11.2. The van der Waals surface area contributed by atoms with Gasteiger partial charge in [-0.15, -0.1) is 0 Å². The number of ether oxygens (including phenoxy) is 2. The Kier molecular flexibility index (Phi) is 5.31. The standard InChI is InChI=1S/C17H18ClFN2O2/c18-13-3-4-16(15(19)10-13)22-11-12-2-1-7-21-17(12)23-14-5-8-20-9-6-14/h1-4,7,10,14,20H,5-6,8-9,11H2. The molecule has 1 fully saturated rings. The van der Waals surface area contributed by atoms with Crippen molar-refractivity contribution in [3.05, 3.63) is 52.9 Å². The average molecular weight is 337 g/mol. The number of hydrogen-bond acceptors (Lipinski definition) is 4. The van der Waals surface area contributed by atoms with Crippen LogP contribution in [-0.2, 0) is 6.61 Å². The number of hydrogen-bond donors (Lipinski definition) is 1. The average Bonchev–Trinajstić information content (AvgIpc) is 2.56. The van der Waals surface area contributed by atoms with Crippen LogP contribution in [-0.4, -0.2) is 24.2 Å². The maximum absolute atomic E-state index is 13.8. The second-order valence-corrected chi connectivity index (χ2v) is 5.83. The summed E-state index contributed by atoms with van der Waals surface area (Å²) in [4.78, 5) is 4.28. The Morgan fingerprint density at radius 3 is 2.87 bits per heavy atom. The second kappa shape index (κ2) is 7.62. The molecule has 1 aliphatic rings. The molecule has 23 heavy (non-hydrogen) atoms. The van der Waals surface area contributed by atoms with Gasteiger partial charge in [0, 0.05) is 11.2 Å². The fourth-order valence-electron chi connectivity index (χ4n) is 2.46. The van der Waals surface area contributed by atoms with Crippen LogP contribution < -0.4 is 14.8 Å². The smallest absolute Gasteiger partial charge is 0.220 e. The maximum Gasteiger partial charge on any atom is 0.220 e. The van der Waals surface area contributed by atoms with Crippen molar-refractivity contribution in [2.24, 2.45) is 0 Å². The molecule has 0 amide bonds. The number of piperidine rings is 1. The van der Waals surface area contributed by atoms with Gasteiger partial charge in [0.2, 0.25) is 5.88 Å². The summed E-state index contributed by atoms with van der Waals surface area (Å²) in [5.74, 6) is 0.224. The van der Waals surface area contributed by atoms with Gasteiger partial charge in [-0.05, 0) is 56.3 Å². The molecule has 122 valence electrons. The van der Waals surface area contributed by atoms with E-state index in [2.05, 4.69) is 10.3 Å². The van der Waals surface area contributed by atoms with E-state index >= 15 is 0 Å². The molecule has 0 radical (unpaired) electrons. The highest BCUT2D eigenvalue weighted by atomic mass is 35.5. The molecule has 1 saturated heterocycles. The van der Waals surface area contributed by atoms with Crippen molar-refractivity contribution in [3.63, 3.8) is 0 Å². The van der Waals surface area contributed by atoms with Gasteiger partial charge in [-0.25, -0.2) is 9.37 Å². The largest absolute Gasteiger partial charge is 0.486 e. The minimum absolute atomic E-state index is 0.150. The molecular weight excluding hydrogens is 319 g/mol. The van der Waals surface area contributed by atoms with E-state index < -0.39 is 5.82 Å². The summed E-state index contributed by atoms with van der Waals surface area (Å²) in [5.41, 5.74) is 0.792. The predicted molar refractivity (Wildman–Crippen MR) is 86.5 cm³/mol. The molecule has 1 aliphatic heterocycles. The summed E-state index contributed by atoms with van der Waals surface area (Å²) in [7, 11) is 0. The van der Waals surface area contributed by atoms with Gasteiger partial charge in [0.15, 0.2) is 11.6 Å². The number of nitrogens with zero attached hydrogens (tertiary/aromatic N) is 1. The molecule has 6 heteroatoms. The molecule has 0 atom stereocenters. The lowest BCUT2D eigenvalue weighted by molar-refractivity contribution is 0.151. The molecule has 0 bridgehead atoms. The van der Waals surface area contributed by atoms with Crippen LogP contribution in [0.1, 0.15) is 18.4 Å². The minimum atomic E-state index is -0.484. The van der Waals surface area contributed by atoms with E-state index in [1.165, 1.54) is 12.1 Å². The zero-order valence-corrected chi connectivity index (χ0v) is 13.4. The van der Waals surface area contributed by atoms with Crippen LogP contribution in [0.4, 0.5) is 4.39 Å². The third kappa shape index (κ3) is 4.33. The molecule has 2 heterocycles. The highest BCUT2D eigenvalue weighted by Crippen LogP contribution is 2.24. The Labute approximate surface area is 139 Å². The number of nitrogens with one attached hydrogen (secondary N) is 1. The van der Waals surface area contributed by atoms with Gasteiger partial charge in [-0.2, -0.15) is 0 Å². The van der Waals surface area contributed by atoms with Crippen molar-refractivity contribution in [2.75, 3.05) is 13.1 Å². The molecule has 4 nitrogen and oxygen atoms in total. The van der Waals surface area contributed by atoms with E-state index in [0.717, 1.165) is 31.5 Å². The third-order valence-corrected chi connectivity index (χ3v) is 3.93. The lowest BCUT2D eigenvalue weighted by Crippen LogP contribution is -2.34. The van der Waals surface area contributed by atoms with Crippen molar-refractivity contribution >= 4 is 11.6 Å². The normalized spacial score (nSPS) is 15.4. The van der Waals surface area contributed by atoms with Crippen LogP contribution in [0.5, 0.6) is 11.6 Å². The van der Waals surface area contributed by atoms with Crippen LogP contribution >= 0.6 is 11.6 Å². The number of rotatable bonds is 5. The Hall–Kier alpha value is -1.85. The first kappa shape index (κ1) is 16.0. The van der Waals surface area contributed by atoms with Gasteiger partial charge in [0.25, 0.3) is 0 Å². The topological polar surface area (TPSA) is 43.4 Å². The molecule has 1 aromatic heterocycles. The van der Waals surface area contributed by atoms with Crippen LogP contribution in [0.3, 0.4) is 0 Å². The molecule has 0 spiro atoms. The van der Waals surface area contributed by atoms with E-state index in [1.807, 2.05) is 12.1 Å². The summed E-state index contributed by atoms with van der Waals surface area (Å²) in [5, 5.41) is 3.63. The van der Waals surface area contributed by atoms with E-state index in [-0.39, 0.29) is 18.5 Å². The first-order valence-corrected chi connectivity index (χ1v) is 7.99. The Bertz CT molecular complexity index is 663.